The van der Waals surface area contributed by atoms with Gasteiger partial charge in [0.1, 0.15) is 12.2 Å². The monoisotopic (exact) mass is 373 g/mol. The first kappa shape index (κ1) is 16.1. The minimum Gasteiger partial charge on any atom is -0.316 e. The number of halogens is 1. The number of sulfonamides is 1. The van der Waals surface area contributed by atoms with Crippen LogP contribution >= 0.6 is 15.9 Å². The van der Waals surface area contributed by atoms with Crippen LogP contribution in [0.3, 0.4) is 0 Å². The van der Waals surface area contributed by atoms with Gasteiger partial charge in [0.2, 0.25) is 10.0 Å². The van der Waals surface area contributed by atoms with Crippen LogP contribution in [-0.2, 0) is 23.0 Å². The topological polar surface area (TPSA) is 99.8 Å². The molecule has 21 heavy (non-hydrogen) atoms. The molecule has 0 amide bonds. The van der Waals surface area contributed by atoms with E-state index in [0.717, 1.165) is 5.56 Å². The Morgan fingerprint density at radius 3 is 2.81 bits per heavy atom. The summed E-state index contributed by atoms with van der Waals surface area (Å²) in [7, 11) is -1.72. The standard InChI is InChI=1S/C12H16BrN5O2S/c1-14-7-9-2-3-11(10(13)6-9)21(19,20)17-5-4-12-15-8-16-18-12/h2-3,6,8,14,17H,4-5,7H2,1H3,(H,15,16,18). The maximum Gasteiger partial charge on any atom is 0.241 e. The first-order valence-corrected chi connectivity index (χ1v) is 8.57. The second-order valence-corrected chi connectivity index (χ2v) is 6.96. The fourth-order valence-corrected chi connectivity index (χ4v) is 3.96. The van der Waals surface area contributed by atoms with E-state index in [0.29, 0.717) is 23.3 Å². The minimum atomic E-state index is -3.56. The molecule has 0 saturated carbocycles. The molecule has 0 spiro atoms. The summed E-state index contributed by atoms with van der Waals surface area (Å²) in [6.45, 7) is 0.931. The van der Waals surface area contributed by atoms with Gasteiger partial charge in [-0.15, -0.1) is 0 Å². The average molecular weight is 374 g/mol. The van der Waals surface area contributed by atoms with Crippen molar-refractivity contribution in [2.24, 2.45) is 0 Å². The molecule has 0 bridgehead atoms. The van der Waals surface area contributed by atoms with Crippen LogP contribution in [0.25, 0.3) is 0 Å². The lowest BCUT2D eigenvalue weighted by atomic mass is 10.2. The number of hydrogen-bond acceptors (Lipinski definition) is 5. The Balaban J connectivity index is 2.04. The molecule has 0 unspecified atom stereocenters. The third-order valence-corrected chi connectivity index (χ3v) is 5.22. The van der Waals surface area contributed by atoms with Crippen LogP contribution in [0, 0.1) is 0 Å². The van der Waals surface area contributed by atoms with Gasteiger partial charge in [-0.05, 0) is 40.7 Å². The molecule has 7 nitrogen and oxygen atoms in total. The van der Waals surface area contributed by atoms with Crippen molar-refractivity contribution in [1.29, 1.82) is 0 Å². The van der Waals surface area contributed by atoms with Gasteiger partial charge >= 0.3 is 0 Å². The van der Waals surface area contributed by atoms with Crippen LogP contribution in [0.2, 0.25) is 0 Å². The van der Waals surface area contributed by atoms with Crippen LogP contribution in [0.1, 0.15) is 11.4 Å². The lowest BCUT2D eigenvalue weighted by molar-refractivity contribution is 0.580. The van der Waals surface area contributed by atoms with Gasteiger partial charge in [-0.25, -0.2) is 18.1 Å². The summed E-state index contributed by atoms with van der Waals surface area (Å²) in [4.78, 5) is 4.16. The molecule has 2 aromatic rings. The molecule has 0 radical (unpaired) electrons. The molecule has 114 valence electrons. The molecule has 0 aliphatic carbocycles. The van der Waals surface area contributed by atoms with Gasteiger partial charge in [-0.1, -0.05) is 6.07 Å². The lowest BCUT2D eigenvalue weighted by Gasteiger charge is -2.09. The van der Waals surface area contributed by atoms with Crippen molar-refractivity contribution in [2.45, 2.75) is 17.9 Å². The third kappa shape index (κ3) is 4.34. The van der Waals surface area contributed by atoms with Crippen LogP contribution in [-0.4, -0.2) is 37.2 Å². The number of rotatable bonds is 7. The van der Waals surface area contributed by atoms with Crippen LogP contribution in [0.4, 0.5) is 0 Å². The van der Waals surface area contributed by atoms with Gasteiger partial charge in [-0.3, -0.25) is 5.10 Å². The number of H-pyrrole nitrogens is 1. The Bertz CT molecular complexity index is 688. The normalized spacial score (nSPS) is 11.7. The van der Waals surface area contributed by atoms with E-state index in [-0.39, 0.29) is 11.4 Å². The summed E-state index contributed by atoms with van der Waals surface area (Å²) in [5.74, 6) is 0.640. The van der Waals surface area contributed by atoms with Gasteiger partial charge in [0.05, 0.1) is 4.90 Å². The molecule has 0 aliphatic rings. The highest BCUT2D eigenvalue weighted by Crippen LogP contribution is 2.23. The SMILES string of the molecule is CNCc1ccc(S(=O)(=O)NCCc2ncn[nH]2)c(Br)c1. The zero-order valence-corrected chi connectivity index (χ0v) is 13.8. The van der Waals surface area contributed by atoms with Crippen molar-refractivity contribution in [3.05, 3.63) is 40.4 Å². The zero-order chi connectivity index (χ0) is 15.3. The Kier molecular flexibility index (Phi) is 5.45. The number of aromatic amines is 1. The van der Waals surface area contributed by atoms with Crippen molar-refractivity contribution >= 4 is 26.0 Å². The third-order valence-electron chi connectivity index (χ3n) is 2.79. The minimum absolute atomic E-state index is 0.222. The second-order valence-electron chi connectivity index (χ2n) is 4.38. The van der Waals surface area contributed by atoms with Gasteiger partial charge in [-0.2, -0.15) is 5.10 Å². The Morgan fingerprint density at radius 2 is 2.19 bits per heavy atom. The van der Waals surface area contributed by atoms with Gasteiger partial charge < -0.3 is 5.32 Å². The predicted molar refractivity (Wildman–Crippen MR) is 82.2 cm³/mol. The van der Waals surface area contributed by atoms with E-state index in [9.17, 15) is 8.42 Å². The maximum absolute atomic E-state index is 12.2. The van der Waals surface area contributed by atoms with Crippen molar-refractivity contribution < 1.29 is 8.42 Å². The van der Waals surface area contributed by atoms with E-state index >= 15 is 0 Å². The van der Waals surface area contributed by atoms with E-state index in [1.54, 1.807) is 18.2 Å². The van der Waals surface area contributed by atoms with Gasteiger partial charge in [0.15, 0.2) is 0 Å². The molecule has 9 heteroatoms. The average Bonchev–Trinajstić information content (AvgIpc) is 2.92. The molecule has 3 N–H and O–H groups in total. The number of nitrogens with zero attached hydrogens (tertiary/aromatic N) is 2. The summed E-state index contributed by atoms with van der Waals surface area (Å²) in [5.41, 5.74) is 1.00. The predicted octanol–water partition coefficient (Wildman–Crippen LogP) is 0.808. The lowest BCUT2D eigenvalue weighted by Crippen LogP contribution is -2.26. The second kappa shape index (κ2) is 7.12. The van der Waals surface area contributed by atoms with Crippen molar-refractivity contribution in [2.75, 3.05) is 13.6 Å². The summed E-state index contributed by atoms with van der Waals surface area (Å²) in [5, 5.41) is 9.41. The van der Waals surface area contributed by atoms with E-state index in [1.807, 2.05) is 7.05 Å². The fourth-order valence-electron chi connectivity index (χ4n) is 1.81. The van der Waals surface area contributed by atoms with E-state index < -0.39 is 10.0 Å². The van der Waals surface area contributed by atoms with Gasteiger partial charge in [0.25, 0.3) is 0 Å². The first-order chi connectivity index (χ1) is 10.0. The molecular weight excluding hydrogens is 358 g/mol. The highest BCUT2D eigenvalue weighted by Gasteiger charge is 2.17. The van der Waals surface area contributed by atoms with E-state index in [4.69, 9.17) is 0 Å². The highest BCUT2D eigenvalue weighted by molar-refractivity contribution is 9.10. The fraction of sp³-hybridized carbons (Fsp3) is 0.333. The zero-order valence-electron chi connectivity index (χ0n) is 11.4. The number of nitrogens with one attached hydrogen (secondary N) is 3. The van der Waals surface area contributed by atoms with E-state index in [1.165, 1.54) is 6.33 Å². The molecule has 0 fully saturated rings. The highest BCUT2D eigenvalue weighted by atomic mass is 79.9. The summed E-state index contributed by atoms with van der Waals surface area (Å²) in [6.07, 6.45) is 1.84. The molecule has 0 aliphatic heterocycles. The molecular formula is C12H16BrN5O2S. The maximum atomic E-state index is 12.2. The van der Waals surface area contributed by atoms with Crippen LogP contribution < -0.4 is 10.0 Å². The van der Waals surface area contributed by atoms with Crippen molar-refractivity contribution in [1.82, 2.24) is 25.2 Å². The van der Waals surface area contributed by atoms with Crippen molar-refractivity contribution in [3.8, 4) is 0 Å². The molecule has 1 aromatic carbocycles. The quantitative estimate of drug-likeness (QED) is 0.666. The Hall–Kier alpha value is -1.29. The molecule has 0 atom stereocenters. The largest absolute Gasteiger partial charge is 0.316 e. The summed E-state index contributed by atoms with van der Waals surface area (Å²) >= 11 is 3.31. The van der Waals surface area contributed by atoms with Crippen molar-refractivity contribution in [3.63, 3.8) is 0 Å². The van der Waals surface area contributed by atoms with Crippen LogP contribution in [0.15, 0.2) is 33.9 Å². The van der Waals surface area contributed by atoms with E-state index in [2.05, 4.69) is 41.2 Å². The molecule has 1 heterocycles. The number of benzene rings is 1. The van der Waals surface area contributed by atoms with Crippen LogP contribution in [0.5, 0.6) is 0 Å². The molecule has 0 saturated heterocycles. The summed E-state index contributed by atoms with van der Waals surface area (Å²) in [6, 6.07) is 5.17. The number of aromatic nitrogens is 3. The Labute approximate surface area is 131 Å². The number of hydrogen-bond donors (Lipinski definition) is 3. The Morgan fingerprint density at radius 1 is 1.38 bits per heavy atom. The smallest absolute Gasteiger partial charge is 0.241 e. The summed E-state index contributed by atoms with van der Waals surface area (Å²) < 4.78 is 27.6. The molecule has 2 rings (SSSR count). The first-order valence-electron chi connectivity index (χ1n) is 6.30. The van der Waals surface area contributed by atoms with Gasteiger partial charge in [0, 0.05) is 24.0 Å². The molecule has 1 aromatic heterocycles.